The third-order valence-electron chi connectivity index (χ3n) is 2.50. The minimum Gasteiger partial charge on any atom is -0.464 e. The smallest absolute Gasteiger partial charge is 0.393 e. The Morgan fingerprint density at radius 3 is 2.67 bits per heavy atom. The Morgan fingerprint density at radius 2 is 2.06 bits per heavy atom. The Hall–Kier alpha value is -1.98. The van der Waals surface area contributed by atoms with Gasteiger partial charge in [0.05, 0.1) is 13.5 Å². The quantitative estimate of drug-likeness (QED) is 0.840. The first-order valence-electron chi connectivity index (χ1n) is 5.16. The standard InChI is InChI=1S/C12H10F3NO2/c1-18-11(17)10-5-8-3-2-7(4-9(8)16-10)6-12(13,14)15/h2-5,16H,6H2,1H3. The van der Waals surface area contributed by atoms with Crippen molar-refractivity contribution in [1.29, 1.82) is 0 Å². The minimum atomic E-state index is -4.24. The number of hydrogen-bond donors (Lipinski definition) is 1. The average Bonchev–Trinajstić information content (AvgIpc) is 2.68. The highest BCUT2D eigenvalue weighted by atomic mass is 19.4. The van der Waals surface area contributed by atoms with Crippen LogP contribution in [0.2, 0.25) is 0 Å². The van der Waals surface area contributed by atoms with Crippen LogP contribution in [-0.4, -0.2) is 24.2 Å². The monoisotopic (exact) mass is 257 g/mol. The van der Waals surface area contributed by atoms with E-state index in [1.165, 1.54) is 19.2 Å². The number of methoxy groups -OCH3 is 1. The zero-order chi connectivity index (χ0) is 13.3. The van der Waals surface area contributed by atoms with Crippen LogP contribution in [-0.2, 0) is 11.2 Å². The summed E-state index contributed by atoms with van der Waals surface area (Å²) in [6.45, 7) is 0. The van der Waals surface area contributed by atoms with E-state index in [-0.39, 0.29) is 11.3 Å². The summed E-state index contributed by atoms with van der Waals surface area (Å²) in [4.78, 5) is 14.0. The van der Waals surface area contributed by atoms with Crippen molar-refractivity contribution in [2.45, 2.75) is 12.6 Å². The van der Waals surface area contributed by atoms with Crippen LogP contribution in [0.15, 0.2) is 24.3 Å². The van der Waals surface area contributed by atoms with Crippen LogP contribution < -0.4 is 0 Å². The van der Waals surface area contributed by atoms with Gasteiger partial charge in [0.15, 0.2) is 0 Å². The van der Waals surface area contributed by atoms with E-state index in [9.17, 15) is 18.0 Å². The largest absolute Gasteiger partial charge is 0.464 e. The number of H-pyrrole nitrogens is 1. The summed E-state index contributed by atoms with van der Waals surface area (Å²) < 4.78 is 41.3. The first-order chi connectivity index (χ1) is 8.39. The molecule has 3 nitrogen and oxygen atoms in total. The Balaban J connectivity index is 2.37. The lowest BCUT2D eigenvalue weighted by Crippen LogP contribution is -2.11. The van der Waals surface area contributed by atoms with Crippen LogP contribution in [0.4, 0.5) is 13.2 Å². The van der Waals surface area contributed by atoms with Gasteiger partial charge in [0, 0.05) is 10.9 Å². The van der Waals surface area contributed by atoms with Gasteiger partial charge in [-0.15, -0.1) is 0 Å². The molecule has 1 aromatic carbocycles. The SMILES string of the molecule is COC(=O)c1cc2ccc(CC(F)(F)F)cc2[nH]1. The van der Waals surface area contributed by atoms with Crippen LogP contribution in [0.3, 0.4) is 0 Å². The zero-order valence-electron chi connectivity index (χ0n) is 9.47. The van der Waals surface area contributed by atoms with Crippen LogP contribution in [0, 0.1) is 0 Å². The zero-order valence-corrected chi connectivity index (χ0v) is 9.47. The molecule has 0 saturated carbocycles. The number of fused-ring (bicyclic) bond motifs is 1. The molecule has 2 aromatic rings. The van der Waals surface area contributed by atoms with Crippen molar-refractivity contribution in [3.63, 3.8) is 0 Å². The molecule has 96 valence electrons. The average molecular weight is 257 g/mol. The fourth-order valence-corrected chi connectivity index (χ4v) is 1.74. The van der Waals surface area contributed by atoms with E-state index >= 15 is 0 Å². The lowest BCUT2D eigenvalue weighted by molar-refractivity contribution is -0.127. The third kappa shape index (κ3) is 2.64. The molecule has 0 aliphatic heterocycles. The van der Waals surface area contributed by atoms with Crippen molar-refractivity contribution in [1.82, 2.24) is 4.98 Å². The predicted molar refractivity (Wildman–Crippen MR) is 59.4 cm³/mol. The molecule has 0 aliphatic carbocycles. The maximum atomic E-state index is 12.2. The van der Waals surface area contributed by atoms with Gasteiger partial charge >= 0.3 is 12.1 Å². The molecule has 18 heavy (non-hydrogen) atoms. The van der Waals surface area contributed by atoms with Crippen molar-refractivity contribution in [3.05, 3.63) is 35.5 Å². The first kappa shape index (κ1) is 12.5. The minimum absolute atomic E-state index is 0.147. The number of hydrogen-bond acceptors (Lipinski definition) is 2. The molecular formula is C12H10F3NO2. The molecule has 0 spiro atoms. The number of carbonyl (C=O) groups is 1. The van der Waals surface area contributed by atoms with Crippen molar-refractivity contribution < 1.29 is 22.7 Å². The van der Waals surface area contributed by atoms with E-state index in [0.717, 1.165) is 0 Å². The molecule has 0 radical (unpaired) electrons. The number of ether oxygens (including phenoxy) is 1. The molecule has 0 amide bonds. The normalized spacial score (nSPS) is 11.8. The number of aromatic nitrogens is 1. The fraction of sp³-hybridized carbons (Fsp3) is 0.250. The van der Waals surface area contributed by atoms with Gasteiger partial charge in [-0.3, -0.25) is 0 Å². The van der Waals surface area contributed by atoms with Crippen LogP contribution in [0.5, 0.6) is 0 Å². The highest BCUT2D eigenvalue weighted by Crippen LogP contribution is 2.24. The lowest BCUT2D eigenvalue weighted by atomic mass is 10.1. The highest BCUT2D eigenvalue weighted by molar-refractivity contribution is 5.94. The third-order valence-corrected chi connectivity index (χ3v) is 2.50. The van der Waals surface area contributed by atoms with Gasteiger partial charge in [0.25, 0.3) is 0 Å². The molecule has 1 N–H and O–H groups in total. The van der Waals surface area contributed by atoms with Gasteiger partial charge in [0.1, 0.15) is 5.69 Å². The molecule has 0 saturated heterocycles. The molecule has 0 fully saturated rings. The first-order valence-corrected chi connectivity index (χ1v) is 5.16. The Kier molecular flexibility index (Phi) is 3.02. The molecule has 1 heterocycles. The van der Waals surface area contributed by atoms with Gasteiger partial charge < -0.3 is 9.72 Å². The topological polar surface area (TPSA) is 42.1 Å². The fourth-order valence-electron chi connectivity index (χ4n) is 1.74. The maximum Gasteiger partial charge on any atom is 0.393 e. The Labute approximate surface area is 101 Å². The van der Waals surface area contributed by atoms with Crippen molar-refractivity contribution in [2.75, 3.05) is 7.11 Å². The van der Waals surface area contributed by atoms with E-state index in [4.69, 9.17) is 0 Å². The van der Waals surface area contributed by atoms with Crippen LogP contribution in [0.25, 0.3) is 10.9 Å². The summed E-state index contributed by atoms with van der Waals surface area (Å²) in [6.07, 6.45) is -5.24. The molecule has 0 unspecified atom stereocenters. The number of nitrogens with one attached hydrogen (secondary N) is 1. The molecule has 0 atom stereocenters. The number of rotatable bonds is 2. The van der Waals surface area contributed by atoms with Crippen molar-refractivity contribution in [3.8, 4) is 0 Å². The number of benzene rings is 1. The second-order valence-corrected chi connectivity index (χ2v) is 3.89. The van der Waals surface area contributed by atoms with E-state index in [0.29, 0.717) is 10.9 Å². The van der Waals surface area contributed by atoms with Gasteiger partial charge in [0.2, 0.25) is 0 Å². The van der Waals surface area contributed by atoms with Gasteiger partial charge in [-0.05, 0) is 17.7 Å². The van der Waals surface area contributed by atoms with E-state index in [1.807, 2.05) is 0 Å². The van der Waals surface area contributed by atoms with Crippen molar-refractivity contribution >= 4 is 16.9 Å². The van der Waals surface area contributed by atoms with E-state index in [1.54, 1.807) is 12.1 Å². The summed E-state index contributed by atoms with van der Waals surface area (Å²) in [5, 5.41) is 0.668. The number of alkyl halides is 3. The molecule has 0 bridgehead atoms. The molecule has 0 aliphatic rings. The summed E-state index contributed by atoms with van der Waals surface area (Å²) in [7, 11) is 1.24. The van der Waals surface area contributed by atoms with Gasteiger partial charge in [-0.1, -0.05) is 12.1 Å². The van der Waals surface area contributed by atoms with Crippen LogP contribution in [0.1, 0.15) is 16.1 Å². The second kappa shape index (κ2) is 4.36. The lowest BCUT2D eigenvalue weighted by Gasteiger charge is -2.05. The predicted octanol–water partition coefficient (Wildman–Crippen LogP) is 3.06. The number of aromatic amines is 1. The number of esters is 1. The molecule has 6 heteroatoms. The Bertz CT molecular complexity index is 587. The van der Waals surface area contributed by atoms with Crippen molar-refractivity contribution in [2.24, 2.45) is 0 Å². The number of carbonyl (C=O) groups excluding carboxylic acids is 1. The van der Waals surface area contributed by atoms with Crippen LogP contribution >= 0.6 is 0 Å². The van der Waals surface area contributed by atoms with E-state index in [2.05, 4.69) is 9.72 Å². The number of halogens is 3. The van der Waals surface area contributed by atoms with E-state index < -0.39 is 18.6 Å². The summed E-state index contributed by atoms with van der Waals surface area (Å²) in [6, 6.07) is 5.86. The maximum absolute atomic E-state index is 12.2. The molecule has 1 aromatic heterocycles. The molecular weight excluding hydrogens is 247 g/mol. The second-order valence-electron chi connectivity index (χ2n) is 3.89. The van der Waals surface area contributed by atoms with Gasteiger partial charge in [-0.2, -0.15) is 13.2 Å². The summed E-state index contributed by atoms with van der Waals surface area (Å²) in [5.41, 5.74) is 0.849. The molecule has 2 rings (SSSR count). The van der Waals surface area contributed by atoms with Gasteiger partial charge in [-0.25, -0.2) is 4.79 Å². The highest BCUT2D eigenvalue weighted by Gasteiger charge is 2.27. The summed E-state index contributed by atoms with van der Waals surface area (Å²) >= 11 is 0. The Morgan fingerprint density at radius 1 is 1.33 bits per heavy atom. The summed E-state index contributed by atoms with van der Waals surface area (Å²) in [5.74, 6) is -0.552.